The van der Waals surface area contributed by atoms with Gasteiger partial charge in [-0.15, -0.1) is 0 Å². The van der Waals surface area contributed by atoms with E-state index in [1.807, 2.05) is 18.2 Å². The lowest BCUT2D eigenvalue weighted by molar-refractivity contribution is 0.0845. The zero-order chi connectivity index (χ0) is 9.10. The van der Waals surface area contributed by atoms with E-state index in [4.69, 9.17) is 16.3 Å². The lowest BCUT2D eigenvalue weighted by Crippen LogP contribution is -2.14. The first kappa shape index (κ1) is 8.97. The third-order valence-electron chi connectivity index (χ3n) is 2.38. The largest absolute Gasteiger partial charge is 0.381 e. The Morgan fingerprint density at radius 1 is 1.31 bits per heavy atom. The molecule has 1 aliphatic heterocycles. The Balaban J connectivity index is 2.14. The van der Waals surface area contributed by atoms with Crippen molar-refractivity contribution < 1.29 is 4.74 Å². The van der Waals surface area contributed by atoms with Gasteiger partial charge in [-0.1, -0.05) is 17.7 Å². The molecule has 1 aromatic rings. The van der Waals surface area contributed by atoms with Crippen molar-refractivity contribution in [2.24, 2.45) is 0 Å². The fourth-order valence-corrected chi connectivity index (χ4v) is 1.82. The second-order valence-electron chi connectivity index (χ2n) is 3.27. The Kier molecular flexibility index (Phi) is 2.81. The van der Waals surface area contributed by atoms with Crippen molar-refractivity contribution >= 4 is 11.6 Å². The van der Waals surface area contributed by atoms with Crippen LogP contribution >= 0.6 is 11.6 Å². The summed E-state index contributed by atoms with van der Waals surface area (Å²) in [6.07, 6.45) is 2.13. The zero-order valence-electron chi connectivity index (χ0n) is 7.37. The van der Waals surface area contributed by atoms with Crippen molar-refractivity contribution in [2.75, 3.05) is 13.2 Å². The molecule has 1 aliphatic rings. The highest BCUT2D eigenvalue weighted by Crippen LogP contribution is 2.25. The average molecular weight is 198 g/mol. The van der Waals surface area contributed by atoms with Crippen LogP contribution in [0.15, 0.2) is 18.2 Å². The van der Waals surface area contributed by atoms with Crippen LogP contribution < -0.4 is 0 Å². The van der Waals surface area contributed by atoms with Crippen molar-refractivity contribution in [3.63, 3.8) is 0 Å². The van der Waals surface area contributed by atoms with Gasteiger partial charge in [0.2, 0.25) is 0 Å². The van der Waals surface area contributed by atoms with Gasteiger partial charge in [0.25, 0.3) is 0 Å². The van der Waals surface area contributed by atoms with Gasteiger partial charge in [0, 0.05) is 24.8 Å². The molecule has 0 amide bonds. The molecule has 13 heavy (non-hydrogen) atoms. The number of aromatic nitrogens is 1. The van der Waals surface area contributed by atoms with Crippen molar-refractivity contribution in [1.82, 2.24) is 4.98 Å². The molecule has 0 saturated carbocycles. The van der Waals surface area contributed by atoms with Gasteiger partial charge in [-0.05, 0) is 25.0 Å². The van der Waals surface area contributed by atoms with Crippen LogP contribution in [0.5, 0.6) is 0 Å². The molecule has 0 bridgehead atoms. The van der Waals surface area contributed by atoms with Crippen LogP contribution in [0, 0.1) is 0 Å². The minimum Gasteiger partial charge on any atom is -0.381 e. The first-order chi connectivity index (χ1) is 6.36. The summed E-state index contributed by atoms with van der Waals surface area (Å²) < 4.78 is 5.29. The molecule has 2 heterocycles. The van der Waals surface area contributed by atoms with E-state index in [9.17, 15) is 0 Å². The van der Waals surface area contributed by atoms with Crippen LogP contribution in [0.1, 0.15) is 24.5 Å². The molecule has 0 N–H and O–H groups in total. The van der Waals surface area contributed by atoms with Gasteiger partial charge in [0.05, 0.1) is 0 Å². The predicted octanol–water partition coefficient (Wildman–Crippen LogP) is 2.63. The van der Waals surface area contributed by atoms with Gasteiger partial charge in [-0.3, -0.25) is 0 Å². The van der Waals surface area contributed by atoms with Crippen LogP contribution in [0.25, 0.3) is 0 Å². The van der Waals surface area contributed by atoms with Gasteiger partial charge in [-0.2, -0.15) is 0 Å². The van der Waals surface area contributed by atoms with E-state index in [2.05, 4.69) is 4.98 Å². The van der Waals surface area contributed by atoms with E-state index in [1.54, 1.807) is 0 Å². The summed E-state index contributed by atoms with van der Waals surface area (Å²) in [4.78, 5) is 4.31. The third-order valence-corrected chi connectivity index (χ3v) is 2.59. The molecular weight excluding hydrogens is 186 g/mol. The van der Waals surface area contributed by atoms with E-state index in [-0.39, 0.29) is 0 Å². The maximum absolute atomic E-state index is 5.82. The molecule has 0 atom stereocenters. The second-order valence-corrected chi connectivity index (χ2v) is 3.66. The summed E-state index contributed by atoms with van der Waals surface area (Å²) in [5.41, 5.74) is 1.11. The number of rotatable bonds is 1. The molecule has 3 heteroatoms. The molecule has 0 aliphatic carbocycles. The van der Waals surface area contributed by atoms with E-state index >= 15 is 0 Å². The molecule has 70 valence electrons. The monoisotopic (exact) mass is 197 g/mol. The Hall–Kier alpha value is -0.600. The average Bonchev–Trinajstić information content (AvgIpc) is 2.19. The number of hydrogen-bond donors (Lipinski definition) is 0. The van der Waals surface area contributed by atoms with Crippen LogP contribution in [-0.2, 0) is 4.74 Å². The number of nitrogens with zero attached hydrogens (tertiary/aromatic N) is 1. The molecule has 0 radical (unpaired) electrons. The fraction of sp³-hybridized carbons (Fsp3) is 0.500. The van der Waals surface area contributed by atoms with Gasteiger partial charge in [0.1, 0.15) is 5.15 Å². The summed E-state index contributed by atoms with van der Waals surface area (Å²) >= 11 is 5.82. The van der Waals surface area contributed by atoms with Crippen LogP contribution in [-0.4, -0.2) is 18.2 Å². The quantitative estimate of drug-likeness (QED) is 0.646. The highest BCUT2D eigenvalue weighted by molar-refractivity contribution is 6.29. The molecule has 2 rings (SSSR count). The van der Waals surface area contributed by atoms with E-state index in [0.717, 1.165) is 31.7 Å². The lowest BCUT2D eigenvalue weighted by atomic mass is 9.96. The molecule has 0 spiro atoms. The smallest absolute Gasteiger partial charge is 0.129 e. The van der Waals surface area contributed by atoms with Crippen molar-refractivity contribution in [1.29, 1.82) is 0 Å². The lowest BCUT2D eigenvalue weighted by Gasteiger charge is -2.21. The zero-order valence-corrected chi connectivity index (χ0v) is 8.13. The molecule has 0 unspecified atom stereocenters. The second kappa shape index (κ2) is 4.07. The number of ether oxygens (including phenoxy) is 1. The van der Waals surface area contributed by atoms with Gasteiger partial charge < -0.3 is 4.74 Å². The molecular formula is C10H12ClNO. The first-order valence-corrected chi connectivity index (χ1v) is 4.94. The fourth-order valence-electron chi connectivity index (χ4n) is 1.64. The molecule has 1 saturated heterocycles. The predicted molar refractivity (Wildman–Crippen MR) is 52.0 cm³/mol. The Labute approximate surface area is 82.9 Å². The molecule has 1 fully saturated rings. The summed E-state index contributed by atoms with van der Waals surface area (Å²) in [6, 6.07) is 5.81. The van der Waals surface area contributed by atoms with Crippen LogP contribution in [0.3, 0.4) is 0 Å². The first-order valence-electron chi connectivity index (χ1n) is 4.56. The molecule has 1 aromatic heterocycles. The minimum absolute atomic E-state index is 0.535. The van der Waals surface area contributed by atoms with Crippen LogP contribution in [0.4, 0.5) is 0 Å². The van der Waals surface area contributed by atoms with Crippen LogP contribution in [0.2, 0.25) is 5.15 Å². The van der Waals surface area contributed by atoms with Gasteiger partial charge >= 0.3 is 0 Å². The highest BCUT2D eigenvalue weighted by atomic mass is 35.5. The van der Waals surface area contributed by atoms with E-state index < -0.39 is 0 Å². The molecule has 2 nitrogen and oxygen atoms in total. The summed E-state index contributed by atoms with van der Waals surface area (Å²) in [6.45, 7) is 1.69. The maximum atomic E-state index is 5.82. The van der Waals surface area contributed by atoms with Gasteiger partial charge in [0.15, 0.2) is 0 Å². The number of halogens is 1. The maximum Gasteiger partial charge on any atom is 0.129 e. The third kappa shape index (κ3) is 2.20. The Morgan fingerprint density at radius 3 is 2.77 bits per heavy atom. The summed E-state index contributed by atoms with van der Waals surface area (Å²) in [5.74, 6) is 0.535. The highest BCUT2D eigenvalue weighted by Gasteiger charge is 2.16. The van der Waals surface area contributed by atoms with Crippen molar-refractivity contribution in [2.45, 2.75) is 18.8 Å². The van der Waals surface area contributed by atoms with Crippen molar-refractivity contribution in [3.8, 4) is 0 Å². The van der Waals surface area contributed by atoms with Crippen molar-refractivity contribution in [3.05, 3.63) is 29.0 Å². The standard InChI is InChI=1S/C10H12ClNO/c11-10-3-1-2-9(12-10)8-4-6-13-7-5-8/h1-3,8H,4-7H2. The molecule has 0 aromatic carbocycles. The number of pyridine rings is 1. The Bertz CT molecular complexity index is 284. The SMILES string of the molecule is Clc1cccc(C2CCOCC2)n1. The normalized spacial score (nSPS) is 18.8. The number of hydrogen-bond acceptors (Lipinski definition) is 2. The summed E-state index contributed by atoms with van der Waals surface area (Å²) in [7, 11) is 0. The van der Waals surface area contributed by atoms with E-state index in [0.29, 0.717) is 11.1 Å². The summed E-state index contributed by atoms with van der Waals surface area (Å²) in [5, 5.41) is 0.587. The van der Waals surface area contributed by atoms with Gasteiger partial charge in [-0.25, -0.2) is 4.98 Å². The minimum atomic E-state index is 0.535. The van der Waals surface area contributed by atoms with E-state index in [1.165, 1.54) is 0 Å². The Morgan fingerprint density at radius 2 is 2.08 bits per heavy atom. The topological polar surface area (TPSA) is 22.1 Å².